The fourth-order valence-corrected chi connectivity index (χ4v) is 4.28. The molecule has 10 nitrogen and oxygen atoms in total. The van der Waals surface area contributed by atoms with E-state index in [1.54, 1.807) is 27.9 Å². The van der Waals surface area contributed by atoms with E-state index in [4.69, 9.17) is 4.74 Å². The average Bonchev–Trinajstić information content (AvgIpc) is 3.26. The molecule has 0 saturated heterocycles. The van der Waals surface area contributed by atoms with Crippen molar-refractivity contribution in [3.63, 3.8) is 0 Å². The van der Waals surface area contributed by atoms with Crippen LogP contribution < -0.4 is 0 Å². The summed E-state index contributed by atoms with van der Waals surface area (Å²) in [4.78, 5) is 28.3. The molecule has 2 N–H and O–H groups in total. The molecule has 186 valence electrons. The van der Waals surface area contributed by atoms with Gasteiger partial charge in [0.05, 0.1) is 42.8 Å². The second-order valence-corrected chi connectivity index (χ2v) is 9.12. The minimum absolute atomic E-state index is 0.00173. The van der Waals surface area contributed by atoms with Gasteiger partial charge in [0.15, 0.2) is 0 Å². The summed E-state index contributed by atoms with van der Waals surface area (Å²) < 4.78 is 8.10. The van der Waals surface area contributed by atoms with Gasteiger partial charge in [-0.3, -0.25) is 9.69 Å². The van der Waals surface area contributed by atoms with Gasteiger partial charge in [-0.15, -0.1) is 5.10 Å². The highest BCUT2D eigenvalue weighted by molar-refractivity contribution is 5.89. The van der Waals surface area contributed by atoms with Gasteiger partial charge in [-0.1, -0.05) is 30.3 Å². The molecule has 0 bridgehead atoms. The average molecular weight is 474 g/mol. The molecule has 0 fully saturated rings. The lowest BCUT2D eigenvalue weighted by molar-refractivity contribution is -0.136. The number of amides is 1. The van der Waals surface area contributed by atoms with Crippen LogP contribution in [0, 0.1) is 5.92 Å². The molecule has 1 amide bonds. The molecule has 10 heteroatoms. The molecule has 2 heterocycles. The van der Waals surface area contributed by atoms with E-state index in [0.717, 1.165) is 11.3 Å². The molecule has 3 rings (SSSR count). The van der Waals surface area contributed by atoms with Gasteiger partial charge in [0, 0.05) is 38.5 Å². The van der Waals surface area contributed by atoms with E-state index in [-0.39, 0.29) is 36.1 Å². The van der Waals surface area contributed by atoms with Gasteiger partial charge in [-0.05, 0) is 32.0 Å². The zero-order valence-corrected chi connectivity index (χ0v) is 20.1. The number of carboxylic acid groups (broad SMARTS) is 1. The maximum absolute atomic E-state index is 13.0. The number of aromatic carboxylic acids is 1. The normalized spacial score (nSPS) is 21.0. The summed E-state index contributed by atoms with van der Waals surface area (Å²) in [5, 5.41) is 27.3. The number of carbonyl (C=O) groups is 2. The standard InChI is InChI=1S/C24H35N5O5/c1-17-12-28(18(2)15-30)23(31)9-6-10-29-20(11-25-26-29)16-34-22(17)14-27(3)13-19-7-4-5-8-21(19)24(32)33/h4-5,7-8,11,17-18,22,30H,6,9-10,12-16H2,1-3H3,(H,32,33)/t17-,18+,22-/m1/s1. The Bertz CT molecular complexity index is 965. The number of hydrogen-bond donors (Lipinski definition) is 2. The maximum Gasteiger partial charge on any atom is 0.336 e. The molecule has 0 unspecified atom stereocenters. The molecule has 1 aliphatic heterocycles. The number of aliphatic hydroxyl groups excluding tert-OH is 1. The van der Waals surface area contributed by atoms with Crippen molar-refractivity contribution in [2.24, 2.45) is 5.92 Å². The molecule has 1 aromatic carbocycles. The fourth-order valence-electron chi connectivity index (χ4n) is 4.28. The van der Waals surface area contributed by atoms with Gasteiger partial charge in [0.1, 0.15) is 0 Å². The number of aromatic nitrogens is 3. The van der Waals surface area contributed by atoms with Crippen LogP contribution >= 0.6 is 0 Å². The summed E-state index contributed by atoms with van der Waals surface area (Å²) >= 11 is 0. The second-order valence-electron chi connectivity index (χ2n) is 9.12. The molecule has 0 spiro atoms. The Morgan fingerprint density at radius 3 is 2.85 bits per heavy atom. The van der Waals surface area contributed by atoms with Crippen molar-refractivity contribution in [1.29, 1.82) is 0 Å². The van der Waals surface area contributed by atoms with Crippen LogP contribution in [0.5, 0.6) is 0 Å². The Kier molecular flexibility index (Phi) is 9.14. The predicted molar refractivity (Wildman–Crippen MR) is 125 cm³/mol. The molecule has 2 aromatic rings. The number of nitrogens with zero attached hydrogens (tertiary/aromatic N) is 5. The van der Waals surface area contributed by atoms with Crippen molar-refractivity contribution in [3.05, 3.63) is 47.3 Å². The monoisotopic (exact) mass is 473 g/mol. The van der Waals surface area contributed by atoms with Gasteiger partial charge in [0.2, 0.25) is 5.91 Å². The smallest absolute Gasteiger partial charge is 0.336 e. The number of likely N-dealkylation sites (N-methyl/N-ethyl adjacent to an activating group) is 1. The SMILES string of the molecule is C[C@@H]1CN([C@@H](C)CO)C(=O)CCCn2nncc2CO[C@@H]1CN(C)Cc1ccccc1C(=O)O. The molecular formula is C24H35N5O5. The molecule has 1 aliphatic rings. The van der Waals surface area contributed by atoms with Crippen LogP contribution in [0.4, 0.5) is 0 Å². The maximum atomic E-state index is 13.0. The zero-order valence-electron chi connectivity index (χ0n) is 20.1. The van der Waals surface area contributed by atoms with E-state index in [0.29, 0.717) is 45.6 Å². The topological polar surface area (TPSA) is 121 Å². The Morgan fingerprint density at radius 2 is 2.12 bits per heavy atom. The molecular weight excluding hydrogens is 438 g/mol. The third kappa shape index (κ3) is 6.62. The largest absolute Gasteiger partial charge is 0.478 e. The Morgan fingerprint density at radius 1 is 1.35 bits per heavy atom. The summed E-state index contributed by atoms with van der Waals surface area (Å²) in [7, 11) is 1.93. The first-order chi connectivity index (χ1) is 16.3. The highest BCUT2D eigenvalue weighted by Gasteiger charge is 2.28. The van der Waals surface area contributed by atoms with E-state index in [9.17, 15) is 19.8 Å². The lowest BCUT2D eigenvalue weighted by atomic mass is 10.0. The number of hydrogen-bond acceptors (Lipinski definition) is 7. The highest BCUT2D eigenvalue weighted by Crippen LogP contribution is 2.19. The number of benzene rings is 1. The van der Waals surface area contributed by atoms with Crippen molar-refractivity contribution in [2.75, 3.05) is 26.7 Å². The number of aryl methyl sites for hydroxylation is 1. The first kappa shape index (κ1) is 25.8. The number of fused-ring (bicyclic) bond motifs is 1. The van der Waals surface area contributed by atoms with Crippen LogP contribution in [-0.4, -0.2) is 85.8 Å². The Balaban J connectivity index is 1.80. The summed E-state index contributed by atoms with van der Waals surface area (Å²) in [6, 6.07) is 6.68. The number of rotatable bonds is 7. The van der Waals surface area contributed by atoms with Gasteiger partial charge in [-0.25, -0.2) is 9.48 Å². The van der Waals surface area contributed by atoms with Crippen molar-refractivity contribution in [2.45, 2.75) is 58.5 Å². The van der Waals surface area contributed by atoms with Crippen molar-refractivity contribution in [1.82, 2.24) is 24.8 Å². The van der Waals surface area contributed by atoms with E-state index in [1.807, 2.05) is 37.9 Å². The summed E-state index contributed by atoms with van der Waals surface area (Å²) in [6.07, 6.45) is 2.44. The van der Waals surface area contributed by atoms with Crippen molar-refractivity contribution >= 4 is 11.9 Å². The predicted octanol–water partition coefficient (Wildman–Crippen LogP) is 1.63. The third-order valence-corrected chi connectivity index (χ3v) is 6.32. The van der Waals surface area contributed by atoms with Gasteiger partial charge in [0.25, 0.3) is 0 Å². The van der Waals surface area contributed by atoms with E-state index < -0.39 is 5.97 Å². The van der Waals surface area contributed by atoms with Crippen LogP contribution in [0.3, 0.4) is 0 Å². The van der Waals surface area contributed by atoms with Gasteiger partial charge >= 0.3 is 5.97 Å². The molecule has 3 atom stereocenters. The van der Waals surface area contributed by atoms with E-state index in [1.165, 1.54) is 0 Å². The van der Waals surface area contributed by atoms with Gasteiger partial charge in [-0.2, -0.15) is 0 Å². The minimum Gasteiger partial charge on any atom is -0.478 e. The van der Waals surface area contributed by atoms with Crippen LogP contribution in [0.1, 0.15) is 48.3 Å². The first-order valence-corrected chi connectivity index (χ1v) is 11.7. The lowest BCUT2D eigenvalue weighted by Gasteiger charge is -2.35. The second kappa shape index (κ2) is 12.0. The summed E-state index contributed by atoms with van der Waals surface area (Å²) in [5.74, 6) is -0.982. The summed E-state index contributed by atoms with van der Waals surface area (Å²) in [6.45, 7) is 6.12. The van der Waals surface area contributed by atoms with Crippen molar-refractivity contribution in [3.8, 4) is 0 Å². The molecule has 0 radical (unpaired) electrons. The highest BCUT2D eigenvalue weighted by atomic mass is 16.5. The van der Waals surface area contributed by atoms with Crippen molar-refractivity contribution < 1.29 is 24.5 Å². The van der Waals surface area contributed by atoms with E-state index in [2.05, 4.69) is 10.3 Å². The molecule has 1 aromatic heterocycles. The Labute approximate surface area is 200 Å². The molecule has 0 saturated carbocycles. The summed E-state index contributed by atoms with van der Waals surface area (Å²) in [5.41, 5.74) is 1.86. The third-order valence-electron chi connectivity index (χ3n) is 6.32. The quantitative estimate of drug-likeness (QED) is 0.623. The number of carboxylic acids is 1. The van der Waals surface area contributed by atoms with Crippen LogP contribution in [-0.2, 0) is 29.2 Å². The lowest BCUT2D eigenvalue weighted by Crippen LogP contribution is -2.47. The number of aliphatic hydroxyl groups is 1. The minimum atomic E-state index is -0.951. The molecule has 0 aliphatic carbocycles. The zero-order chi connectivity index (χ0) is 24.7. The number of ether oxygens (including phenoxy) is 1. The Hall–Kier alpha value is -2.82. The first-order valence-electron chi connectivity index (χ1n) is 11.7. The van der Waals surface area contributed by atoms with Gasteiger partial charge < -0.3 is 19.8 Å². The fraction of sp³-hybridized carbons (Fsp3) is 0.583. The number of carbonyl (C=O) groups excluding carboxylic acids is 1. The van der Waals surface area contributed by atoms with Crippen LogP contribution in [0.25, 0.3) is 0 Å². The van der Waals surface area contributed by atoms with Crippen LogP contribution in [0.15, 0.2) is 30.5 Å². The van der Waals surface area contributed by atoms with E-state index >= 15 is 0 Å². The van der Waals surface area contributed by atoms with Crippen LogP contribution in [0.2, 0.25) is 0 Å². The molecule has 34 heavy (non-hydrogen) atoms.